The third-order valence-corrected chi connectivity index (χ3v) is 7.78. The summed E-state index contributed by atoms with van der Waals surface area (Å²) in [5.74, 6) is 0.440. The van der Waals surface area contributed by atoms with Gasteiger partial charge in [-0.3, -0.25) is 9.09 Å². The van der Waals surface area contributed by atoms with E-state index in [2.05, 4.69) is 30.1 Å². The summed E-state index contributed by atoms with van der Waals surface area (Å²) in [6.07, 6.45) is -0.390. The van der Waals surface area contributed by atoms with Crippen molar-refractivity contribution in [1.29, 1.82) is 0 Å². The molecule has 1 aliphatic heterocycles. The van der Waals surface area contributed by atoms with Gasteiger partial charge in [0.15, 0.2) is 17.4 Å². The Morgan fingerprint density at radius 2 is 2.14 bits per heavy atom. The Morgan fingerprint density at radius 3 is 2.81 bits per heavy atom. The van der Waals surface area contributed by atoms with Crippen LogP contribution < -0.4 is 20.1 Å². The number of aliphatic hydroxyl groups excluding tert-OH is 1. The molecule has 37 heavy (non-hydrogen) atoms. The molecule has 2 aliphatic rings. The lowest BCUT2D eigenvalue weighted by Gasteiger charge is -2.28. The SMILES string of the molecule is COc1nc(N)nc2c1ncn2[C@@H]1O[C@H](COP(=O)(NC2CC2)Oc2ccccc2)[C@@H](O)[C@@]1(C)N=[N+]=[N-]. The highest BCUT2D eigenvalue weighted by Crippen LogP contribution is 2.49. The second-order valence-electron chi connectivity index (χ2n) is 8.90. The summed E-state index contributed by atoms with van der Waals surface area (Å²) in [6.45, 7) is 1.20. The number of nitrogens with two attached hydrogens (primary N) is 1. The first kappa shape index (κ1) is 25.2. The molecule has 16 heteroatoms. The molecule has 1 aromatic carbocycles. The van der Waals surface area contributed by atoms with E-state index in [-0.39, 0.29) is 30.1 Å². The van der Waals surface area contributed by atoms with Crippen LogP contribution in [0.1, 0.15) is 26.0 Å². The van der Waals surface area contributed by atoms with E-state index in [1.54, 1.807) is 30.3 Å². The second-order valence-corrected chi connectivity index (χ2v) is 10.6. The summed E-state index contributed by atoms with van der Waals surface area (Å²) >= 11 is 0. The predicted octanol–water partition coefficient (Wildman–Crippen LogP) is 2.70. The number of aromatic nitrogens is 4. The molecule has 5 atom stereocenters. The fraction of sp³-hybridized carbons (Fsp3) is 0.476. The van der Waals surface area contributed by atoms with Crippen LogP contribution in [0.25, 0.3) is 21.6 Å². The summed E-state index contributed by atoms with van der Waals surface area (Å²) in [7, 11) is -2.41. The van der Waals surface area contributed by atoms with Crippen LogP contribution in [0, 0.1) is 0 Å². The zero-order chi connectivity index (χ0) is 26.2. The number of hydrogen-bond acceptors (Lipinski definition) is 11. The van der Waals surface area contributed by atoms with Gasteiger partial charge in [0.05, 0.1) is 26.1 Å². The van der Waals surface area contributed by atoms with Crippen molar-refractivity contribution in [3.8, 4) is 11.6 Å². The number of nitrogens with one attached hydrogen (secondary N) is 1. The van der Waals surface area contributed by atoms with Crippen molar-refractivity contribution in [2.24, 2.45) is 5.11 Å². The number of azide groups is 1. The smallest absolute Gasteiger partial charge is 0.459 e. The van der Waals surface area contributed by atoms with Crippen LogP contribution in [-0.4, -0.2) is 62.1 Å². The van der Waals surface area contributed by atoms with Crippen molar-refractivity contribution in [2.45, 2.75) is 49.8 Å². The van der Waals surface area contributed by atoms with E-state index in [9.17, 15) is 15.2 Å². The molecule has 1 unspecified atom stereocenters. The predicted molar refractivity (Wildman–Crippen MR) is 131 cm³/mol. The molecule has 15 nitrogen and oxygen atoms in total. The van der Waals surface area contributed by atoms with Crippen molar-refractivity contribution in [3.05, 3.63) is 47.1 Å². The van der Waals surface area contributed by atoms with Crippen LogP contribution in [0.3, 0.4) is 0 Å². The maximum Gasteiger partial charge on any atom is 0.459 e. The van der Waals surface area contributed by atoms with Crippen LogP contribution in [0.4, 0.5) is 5.95 Å². The quantitative estimate of drug-likeness (QED) is 0.150. The van der Waals surface area contributed by atoms with Crippen LogP contribution in [-0.2, 0) is 13.8 Å². The average Bonchev–Trinajstić information content (AvgIpc) is 3.53. The van der Waals surface area contributed by atoms with Gasteiger partial charge in [-0.15, -0.1) is 0 Å². The van der Waals surface area contributed by atoms with Gasteiger partial charge in [-0.25, -0.2) is 14.6 Å². The van der Waals surface area contributed by atoms with E-state index >= 15 is 0 Å². The number of nitrogen functional groups attached to an aromatic ring is 1. The highest BCUT2D eigenvalue weighted by atomic mass is 31.2. The second kappa shape index (κ2) is 9.78. The summed E-state index contributed by atoms with van der Waals surface area (Å²) in [4.78, 5) is 15.4. The van der Waals surface area contributed by atoms with Gasteiger partial charge in [-0.1, -0.05) is 23.3 Å². The molecule has 0 amide bonds. The minimum Gasteiger partial charge on any atom is -0.479 e. The highest BCUT2D eigenvalue weighted by molar-refractivity contribution is 7.52. The molecule has 196 valence electrons. The van der Waals surface area contributed by atoms with Crippen molar-refractivity contribution in [2.75, 3.05) is 19.5 Å². The fourth-order valence-corrected chi connectivity index (χ4v) is 5.75. The Hall–Kier alpha value is -3.45. The number of benzene rings is 1. The number of aliphatic hydroxyl groups is 1. The Kier molecular flexibility index (Phi) is 6.67. The molecule has 3 heterocycles. The zero-order valence-corrected chi connectivity index (χ0v) is 20.9. The van der Waals surface area contributed by atoms with E-state index < -0.39 is 31.7 Å². The molecule has 1 aliphatic carbocycles. The minimum atomic E-state index is -3.82. The van der Waals surface area contributed by atoms with Gasteiger partial charge in [0.2, 0.25) is 11.8 Å². The van der Waals surface area contributed by atoms with Crippen LogP contribution in [0.5, 0.6) is 11.6 Å². The van der Waals surface area contributed by atoms with E-state index in [0.717, 1.165) is 12.8 Å². The van der Waals surface area contributed by atoms with Crippen molar-refractivity contribution >= 4 is 24.9 Å². The molecular formula is C21H26N9O6P. The molecule has 5 rings (SSSR count). The van der Waals surface area contributed by atoms with Gasteiger partial charge in [0.1, 0.15) is 17.4 Å². The Bertz CT molecular complexity index is 1380. The summed E-state index contributed by atoms with van der Waals surface area (Å²) in [5.41, 5.74) is 14.1. The van der Waals surface area contributed by atoms with Gasteiger partial charge in [-0.05, 0) is 37.4 Å². The fourth-order valence-electron chi connectivity index (χ4n) is 4.12. The first-order valence-corrected chi connectivity index (χ1v) is 13.0. The van der Waals surface area contributed by atoms with Crippen LogP contribution in [0.2, 0.25) is 0 Å². The Labute approximate surface area is 211 Å². The number of ether oxygens (including phenoxy) is 2. The van der Waals surface area contributed by atoms with Crippen molar-refractivity contribution in [3.63, 3.8) is 0 Å². The minimum absolute atomic E-state index is 0.00241. The van der Waals surface area contributed by atoms with E-state index in [0.29, 0.717) is 11.3 Å². The summed E-state index contributed by atoms with van der Waals surface area (Å²) < 4.78 is 37.8. The maximum atomic E-state index is 13.5. The normalized spacial score (nSPS) is 26.9. The van der Waals surface area contributed by atoms with Crippen LogP contribution >= 0.6 is 7.75 Å². The zero-order valence-electron chi connectivity index (χ0n) is 20.0. The average molecular weight is 531 g/mol. The third kappa shape index (κ3) is 4.92. The number of nitrogens with zero attached hydrogens (tertiary/aromatic N) is 7. The summed E-state index contributed by atoms with van der Waals surface area (Å²) in [5, 5.41) is 17.9. The molecule has 0 bridgehead atoms. The van der Waals surface area contributed by atoms with Gasteiger partial charge < -0.3 is 24.8 Å². The van der Waals surface area contributed by atoms with Crippen molar-refractivity contribution in [1.82, 2.24) is 24.6 Å². The molecule has 1 saturated carbocycles. The first-order valence-electron chi connectivity index (χ1n) is 11.5. The number of hydrogen-bond donors (Lipinski definition) is 3. The maximum absolute atomic E-state index is 13.5. The molecule has 0 spiro atoms. The first-order chi connectivity index (χ1) is 17.8. The molecule has 1 saturated heterocycles. The highest BCUT2D eigenvalue weighted by Gasteiger charge is 2.55. The van der Waals surface area contributed by atoms with Crippen LogP contribution in [0.15, 0.2) is 41.8 Å². The van der Waals surface area contributed by atoms with Gasteiger partial charge in [0.25, 0.3) is 0 Å². The lowest BCUT2D eigenvalue weighted by Crippen LogP contribution is -2.42. The number of fused-ring (bicyclic) bond motifs is 1. The van der Waals surface area contributed by atoms with Gasteiger partial charge in [-0.2, -0.15) is 9.97 Å². The van der Waals surface area contributed by atoms with Gasteiger partial charge >= 0.3 is 7.75 Å². The monoisotopic (exact) mass is 531 g/mol. The van der Waals surface area contributed by atoms with Crippen molar-refractivity contribution < 1.29 is 28.2 Å². The number of para-hydroxylation sites is 1. The van der Waals surface area contributed by atoms with E-state index in [1.807, 2.05) is 0 Å². The number of anilines is 1. The number of methoxy groups -OCH3 is 1. The molecular weight excluding hydrogens is 505 g/mol. The summed E-state index contributed by atoms with van der Waals surface area (Å²) in [6, 6.07) is 8.62. The van der Waals surface area contributed by atoms with E-state index in [4.69, 9.17) is 24.3 Å². The lowest BCUT2D eigenvalue weighted by atomic mass is 9.93. The number of rotatable bonds is 10. The Balaban J connectivity index is 1.42. The Morgan fingerprint density at radius 1 is 1.38 bits per heavy atom. The molecule has 2 aromatic heterocycles. The standard InChI is InChI=1S/C21H26N9O6P/c1-21(28-29-23)16(31)14(10-34-37(32,27-12-8-9-12)36-13-6-4-3-5-7-13)35-19(21)30-11-24-15-17(30)25-20(22)26-18(15)33-2/h3-7,11-12,14,16,19,31H,8-10H2,1-2H3,(H,27,32)(H2,22,25,26)/t14-,16-,19-,21-,37?/m1/s1. The van der Waals surface area contributed by atoms with E-state index in [1.165, 1.54) is 24.9 Å². The third-order valence-electron chi connectivity index (χ3n) is 6.16. The topological polar surface area (TPSA) is 205 Å². The number of imidazole rings is 1. The largest absolute Gasteiger partial charge is 0.479 e. The lowest BCUT2D eigenvalue weighted by molar-refractivity contribution is -0.0423. The van der Waals surface area contributed by atoms with Gasteiger partial charge in [0, 0.05) is 11.0 Å². The molecule has 4 N–H and O–H groups in total. The molecule has 3 aromatic rings. The molecule has 0 radical (unpaired) electrons. The molecule has 2 fully saturated rings.